The van der Waals surface area contributed by atoms with Crippen LogP contribution in [-0.4, -0.2) is 12.1 Å². The average molecular weight is 238 g/mol. The zero-order valence-corrected chi connectivity index (χ0v) is 11.7. The van der Waals surface area contributed by atoms with Crippen molar-refractivity contribution in [2.45, 2.75) is 65.9 Å². The Bertz CT molecular complexity index is 299. The third-order valence-electron chi connectivity index (χ3n) is 5.29. The highest BCUT2D eigenvalue weighted by Crippen LogP contribution is 2.54. The molecule has 0 N–H and O–H groups in total. The van der Waals surface area contributed by atoms with Gasteiger partial charge >= 0.3 is 5.97 Å². The molecule has 2 aliphatic carbocycles. The maximum Gasteiger partial charge on any atom is 0.302 e. The van der Waals surface area contributed by atoms with Crippen LogP contribution in [0.2, 0.25) is 0 Å². The van der Waals surface area contributed by atoms with Gasteiger partial charge in [0, 0.05) is 12.3 Å². The average Bonchev–Trinajstić information content (AvgIpc) is 2.25. The minimum atomic E-state index is -0.108. The molecule has 17 heavy (non-hydrogen) atoms. The van der Waals surface area contributed by atoms with Gasteiger partial charge in [0.25, 0.3) is 0 Å². The van der Waals surface area contributed by atoms with Crippen LogP contribution in [0.15, 0.2) is 0 Å². The molecule has 0 heterocycles. The quantitative estimate of drug-likeness (QED) is 0.650. The van der Waals surface area contributed by atoms with Crippen molar-refractivity contribution >= 4 is 5.97 Å². The standard InChI is InChI=1S/C15H26O2/c1-10-7-8-15(4)13(9-10)11(2)5-6-14(15)17-12(3)16/h10-11,13-14H,5-9H2,1-4H3. The molecule has 2 rings (SSSR count). The number of ether oxygens (including phenoxy) is 1. The summed E-state index contributed by atoms with van der Waals surface area (Å²) >= 11 is 0. The lowest BCUT2D eigenvalue weighted by Crippen LogP contribution is -2.50. The van der Waals surface area contributed by atoms with E-state index >= 15 is 0 Å². The van der Waals surface area contributed by atoms with E-state index < -0.39 is 0 Å². The molecule has 98 valence electrons. The first-order valence-corrected chi connectivity index (χ1v) is 7.10. The van der Waals surface area contributed by atoms with Crippen molar-refractivity contribution in [3.63, 3.8) is 0 Å². The smallest absolute Gasteiger partial charge is 0.302 e. The topological polar surface area (TPSA) is 26.3 Å². The van der Waals surface area contributed by atoms with Gasteiger partial charge in [-0.05, 0) is 43.4 Å². The summed E-state index contributed by atoms with van der Waals surface area (Å²) in [6, 6.07) is 0. The Labute approximate surface area is 105 Å². The van der Waals surface area contributed by atoms with Crippen LogP contribution in [0.3, 0.4) is 0 Å². The summed E-state index contributed by atoms with van der Waals surface area (Å²) < 4.78 is 5.61. The Kier molecular flexibility index (Phi) is 3.51. The fourth-order valence-electron chi connectivity index (χ4n) is 4.18. The summed E-state index contributed by atoms with van der Waals surface area (Å²) in [6.45, 7) is 8.64. The number of esters is 1. The van der Waals surface area contributed by atoms with Gasteiger partial charge in [0.05, 0.1) is 0 Å². The summed E-state index contributed by atoms with van der Waals surface area (Å²) in [5.74, 6) is 2.26. The molecular weight excluding hydrogens is 212 g/mol. The van der Waals surface area contributed by atoms with Gasteiger partial charge in [0.1, 0.15) is 6.10 Å². The summed E-state index contributed by atoms with van der Waals surface area (Å²) in [7, 11) is 0. The Hall–Kier alpha value is -0.530. The number of hydrogen-bond donors (Lipinski definition) is 0. The molecule has 5 atom stereocenters. The van der Waals surface area contributed by atoms with E-state index in [-0.39, 0.29) is 17.5 Å². The van der Waals surface area contributed by atoms with Crippen LogP contribution in [0.5, 0.6) is 0 Å². The summed E-state index contributed by atoms with van der Waals surface area (Å²) in [5.41, 5.74) is 0.232. The summed E-state index contributed by atoms with van der Waals surface area (Å²) in [5, 5.41) is 0. The van der Waals surface area contributed by atoms with Gasteiger partial charge in [-0.15, -0.1) is 0 Å². The van der Waals surface area contributed by atoms with E-state index in [2.05, 4.69) is 20.8 Å². The van der Waals surface area contributed by atoms with E-state index in [0.717, 1.165) is 24.2 Å². The van der Waals surface area contributed by atoms with Gasteiger partial charge < -0.3 is 4.74 Å². The molecule has 0 saturated heterocycles. The van der Waals surface area contributed by atoms with Crippen LogP contribution in [-0.2, 0) is 9.53 Å². The predicted molar refractivity (Wildman–Crippen MR) is 68.6 cm³/mol. The van der Waals surface area contributed by atoms with Gasteiger partial charge in [-0.3, -0.25) is 4.79 Å². The lowest BCUT2D eigenvalue weighted by atomic mass is 9.54. The van der Waals surface area contributed by atoms with E-state index in [1.165, 1.54) is 25.7 Å². The molecule has 0 aromatic rings. The van der Waals surface area contributed by atoms with E-state index in [1.807, 2.05) is 0 Å². The van der Waals surface area contributed by atoms with Crippen LogP contribution < -0.4 is 0 Å². The monoisotopic (exact) mass is 238 g/mol. The van der Waals surface area contributed by atoms with Crippen LogP contribution in [0, 0.1) is 23.2 Å². The zero-order chi connectivity index (χ0) is 12.6. The molecule has 5 unspecified atom stereocenters. The first kappa shape index (κ1) is 12.9. The third kappa shape index (κ3) is 2.36. The first-order valence-electron chi connectivity index (χ1n) is 7.10. The highest BCUT2D eigenvalue weighted by molar-refractivity contribution is 5.66. The van der Waals surface area contributed by atoms with Gasteiger partial charge in [0.2, 0.25) is 0 Å². The van der Waals surface area contributed by atoms with Crippen molar-refractivity contribution in [2.24, 2.45) is 23.2 Å². The number of fused-ring (bicyclic) bond motifs is 1. The normalized spacial score (nSPS) is 46.1. The second-order valence-electron chi connectivity index (χ2n) is 6.64. The molecule has 0 amide bonds. The Morgan fingerprint density at radius 2 is 1.94 bits per heavy atom. The Balaban J connectivity index is 2.18. The molecule has 0 spiro atoms. The largest absolute Gasteiger partial charge is 0.462 e. The minimum Gasteiger partial charge on any atom is -0.462 e. The third-order valence-corrected chi connectivity index (χ3v) is 5.29. The van der Waals surface area contributed by atoms with Crippen molar-refractivity contribution in [1.29, 1.82) is 0 Å². The van der Waals surface area contributed by atoms with Gasteiger partial charge in [-0.25, -0.2) is 0 Å². The minimum absolute atomic E-state index is 0.108. The predicted octanol–water partition coefficient (Wildman–Crippen LogP) is 3.79. The van der Waals surface area contributed by atoms with Gasteiger partial charge in [-0.2, -0.15) is 0 Å². The number of hydrogen-bond acceptors (Lipinski definition) is 2. The molecule has 2 saturated carbocycles. The SMILES string of the molecule is CC(=O)OC1CCC(C)C2CC(C)CCC12C. The van der Waals surface area contributed by atoms with E-state index in [9.17, 15) is 4.79 Å². The summed E-state index contributed by atoms with van der Waals surface area (Å²) in [6.07, 6.45) is 6.26. The van der Waals surface area contributed by atoms with Crippen molar-refractivity contribution < 1.29 is 9.53 Å². The van der Waals surface area contributed by atoms with E-state index in [4.69, 9.17) is 4.74 Å². The Morgan fingerprint density at radius 3 is 2.59 bits per heavy atom. The molecular formula is C15H26O2. The Morgan fingerprint density at radius 1 is 1.24 bits per heavy atom. The van der Waals surface area contributed by atoms with Crippen molar-refractivity contribution in [1.82, 2.24) is 0 Å². The maximum atomic E-state index is 11.3. The van der Waals surface area contributed by atoms with Crippen LogP contribution in [0.25, 0.3) is 0 Å². The van der Waals surface area contributed by atoms with E-state index in [1.54, 1.807) is 6.92 Å². The molecule has 2 fully saturated rings. The molecule has 0 radical (unpaired) electrons. The molecule has 2 nitrogen and oxygen atoms in total. The molecule has 0 bridgehead atoms. The lowest BCUT2D eigenvalue weighted by Gasteiger charge is -2.53. The highest BCUT2D eigenvalue weighted by atomic mass is 16.5. The van der Waals surface area contributed by atoms with Crippen LogP contribution >= 0.6 is 0 Å². The van der Waals surface area contributed by atoms with Gasteiger partial charge in [0.15, 0.2) is 0 Å². The zero-order valence-electron chi connectivity index (χ0n) is 11.7. The second-order valence-corrected chi connectivity index (χ2v) is 6.64. The lowest BCUT2D eigenvalue weighted by molar-refractivity contribution is -0.168. The molecule has 0 aliphatic heterocycles. The molecule has 2 heteroatoms. The van der Waals surface area contributed by atoms with Crippen LogP contribution in [0.4, 0.5) is 0 Å². The molecule has 0 aromatic heterocycles. The fourth-order valence-corrected chi connectivity index (χ4v) is 4.18. The molecule has 0 aromatic carbocycles. The highest BCUT2D eigenvalue weighted by Gasteiger charge is 2.50. The number of carbonyl (C=O) groups excluding carboxylic acids is 1. The van der Waals surface area contributed by atoms with Crippen molar-refractivity contribution in [3.05, 3.63) is 0 Å². The van der Waals surface area contributed by atoms with Crippen LogP contribution in [0.1, 0.15) is 59.8 Å². The van der Waals surface area contributed by atoms with E-state index in [0.29, 0.717) is 0 Å². The van der Waals surface area contributed by atoms with Crippen molar-refractivity contribution in [3.8, 4) is 0 Å². The van der Waals surface area contributed by atoms with Crippen molar-refractivity contribution in [2.75, 3.05) is 0 Å². The second kappa shape index (κ2) is 4.62. The fraction of sp³-hybridized carbons (Fsp3) is 0.933. The number of carbonyl (C=O) groups is 1. The molecule has 2 aliphatic rings. The first-order chi connectivity index (χ1) is 7.93. The summed E-state index contributed by atoms with van der Waals surface area (Å²) in [4.78, 5) is 11.3. The van der Waals surface area contributed by atoms with Gasteiger partial charge in [-0.1, -0.05) is 27.2 Å². The maximum absolute atomic E-state index is 11.3. The number of rotatable bonds is 1.